The number of nitrogens with zero attached hydrogens (tertiary/aromatic N) is 5. The molecule has 0 radical (unpaired) electrons. The molecule has 2 aromatic heterocycles. The number of aryl methyl sites for hydroxylation is 1. The van der Waals surface area contributed by atoms with Gasteiger partial charge >= 0.3 is 6.03 Å². The third kappa shape index (κ3) is 8.87. The Bertz CT molecular complexity index is 1520. The summed E-state index contributed by atoms with van der Waals surface area (Å²) in [5, 5.41) is 13.2. The van der Waals surface area contributed by atoms with E-state index in [1.165, 1.54) is 44.6 Å². The van der Waals surface area contributed by atoms with E-state index in [0.717, 1.165) is 25.3 Å². The van der Waals surface area contributed by atoms with E-state index in [0.29, 0.717) is 23.9 Å². The Morgan fingerprint density at radius 2 is 1.76 bits per heavy atom. The number of urea groups is 1. The predicted molar refractivity (Wildman–Crippen MR) is 181 cm³/mol. The summed E-state index contributed by atoms with van der Waals surface area (Å²) in [4.78, 5) is 45.6. The highest BCUT2D eigenvalue weighted by Crippen LogP contribution is 2.44. The maximum Gasteiger partial charge on any atom is 0.327 e. The van der Waals surface area contributed by atoms with Crippen LogP contribution in [0, 0.1) is 0 Å². The number of carbonyl (C=O) groups excluding carboxylic acids is 2. The molecule has 0 saturated heterocycles. The predicted octanol–water partition coefficient (Wildman–Crippen LogP) is 6.68. The van der Waals surface area contributed by atoms with Crippen molar-refractivity contribution in [2.45, 2.75) is 57.8 Å². The molecule has 0 unspecified atom stereocenters. The largest absolute Gasteiger partial charge is 0.495 e. The van der Waals surface area contributed by atoms with Crippen LogP contribution in [0.15, 0.2) is 37.3 Å². The van der Waals surface area contributed by atoms with Crippen LogP contribution in [0.2, 0.25) is 28.2 Å². The van der Waals surface area contributed by atoms with Crippen molar-refractivity contribution in [1.82, 2.24) is 19.7 Å². The monoisotopic (exact) mass is 678 g/mol. The second-order valence-electron chi connectivity index (χ2n) is 11.4. The number of rotatable bonds is 14. The Morgan fingerprint density at radius 3 is 2.33 bits per heavy atom. The molecule has 0 aliphatic carbocycles. The average Bonchev–Trinajstić information content (AvgIpc) is 3.36. The second-order valence-corrected chi connectivity index (χ2v) is 16.6. The van der Waals surface area contributed by atoms with Gasteiger partial charge in [-0.2, -0.15) is 5.10 Å². The molecular weight excluding hydrogens is 639 g/mol. The van der Waals surface area contributed by atoms with Crippen molar-refractivity contribution in [3.63, 3.8) is 0 Å². The molecular formula is C29H40Cl2N8O5Si. The molecule has 0 aliphatic heterocycles. The van der Waals surface area contributed by atoms with Gasteiger partial charge in [0.05, 0.1) is 26.1 Å². The first-order valence-corrected chi connectivity index (χ1v) is 17.8. The number of ether oxygens (including phenoxy) is 2. The van der Waals surface area contributed by atoms with E-state index >= 15 is 0 Å². The molecule has 0 aliphatic rings. The molecule has 4 N–H and O–H groups in total. The van der Waals surface area contributed by atoms with Crippen molar-refractivity contribution in [2.24, 2.45) is 0 Å². The number of anilines is 5. The van der Waals surface area contributed by atoms with Crippen LogP contribution in [0.25, 0.3) is 0 Å². The fraction of sp³-hybridized carbons (Fsp3) is 0.414. The van der Waals surface area contributed by atoms with E-state index in [4.69, 9.17) is 32.7 Å². The lowest BCUT2D eigenvalue weighted by molar-refractivity contribution is -0.111. The minimum absolute atomic E-state index is 0.0996. The molecule has 244 valence electrons. The summed E-state index contributed by atoms with van der Waals surface area (Å²) < 4.78 is 12.3. The normalized spacial score (nSPS) is 11.5. The summed E-state index contributed by atoms with van der Waals surface area (Å²) >= 11 is 12.8. The van der Waals surface area contributed by atoms with Gasteiger partial charge in [-0.05, 0) is 37.0 Å². The van der Waals surface area contributed by atoms with Crippen LogP contribution in [-0.4, -0.2) is 66.1 Å². The van der Waals surface area contributed by atoms with Crippen molar-refractivity contribution in [3.05, 3.63) is 47.4 Å². The fourth-order valence-electron chi connectivity index (χ4n) is 4.06. The number of nitrogens with one attached hydrogen (secondary N) is 3. The minimum Gasteiger partial charge on any atom is -0.495 e. The number of amides is 3. The van der Waals surface area contributed by atoms with Crippen molar-refractivity contribution in [2.75, 3.05) is 42.1 Å². The Labute approximate surface area is 274 Å². The van der Waals surface area contributed by atoms with Gasteiger partial charge in [-0.15, -0.1) is 0 Å². The molecule has 3 rings (SSSR count). The van der Waals surface area contributed by atoms with Crippen molar-refractivity contribution in [3.8, 4) is 11.5 Å². The standard InChI is InChI=1S/C29H40Cl2N8O5Si/c1-9-23(40)34-18-16-39(13-11-10-12-29(2,3)45(7,8)42)37-27(18)35-21-15-22(33-17-32-21)38(4)28(41)36-26-24(30)19(43-5)14-20(44-6)25(26)31/h9,14-17,42H,1,10-13H2,2-8H3,(H,34,40)(H,36,41)(H,32,33,35,37). The Kier molecular flexibility index (Phi) is 11.8. The van der Waals surface area contributed by atoms with E-state index in [-0.39, 0.29) is 38.1 Å². The second kappa shape index (κ2) is 15.0. The number of halogens is 2. The molecule has 13 nitrogen and oxygen atoms in total. The topological polar surface area (TPSA) is 156 Å². The van der Waals surface area contributed by atoms with E-state index in [2.05, 4.69) is 51.4 Å². The highest BCUT2D eigenvalue weighted by molar-refractivity contribution is 6.72. The molecule has 1 aromatic carbocycles. The number of carbonyl (C=O) groups is 2. The lowest BCUT2D eigenvalue weighted by Crippen LogP contribution is -2.38. The quantitative estimate of drug-likeness (QED) is 0.0829. The van der Waals surface area contributed by atoms with E-state index in [1.54, 1.807) is 10.9 Å². The summed E-state index contributed by atoms with van der Waals surface area (Å²) in [6.07, 6.45) is 6.79. The first-order chi connectivity index (χ1) is 21.1. The molecule has 0 bridgehead atoms. The maximum atomic E-state index is 13.2. The number of unbranched alkanes of at least 4 members (excludes halogenated alkanes) is 1. The highest BCUT2D eigenvalue weighted by Gasteiger charge is 2.37. The van der Waals surface area contributed by atoms with Crippen molar-refractivity contribution in [1.29, 1.82) is 0 Å². The van der Waals surface area contributed by atoms with Gasteiger partial charge in [0.1, 0.15) is 45.2 Å². The van der Waals surface area contributed by atoms with Gasteiger partial charge in [0.15, 0.2) is 14.1 Å². The first-order valence-electron chi connectivity index (χ1n) is 14.1. The van der Waals surface area contributed by atoms with Gasteiger partial charge in [0, 0.05) is 25.7 Å². The zero-order valence-corrected chi connectivity index (χ0v) is 29.0. The zero-order valence-electron chi connectivity index (χ0n) is 26.5. The average molecular weight is 680 g/mol. The smallest absolute Gasteiger partial charge is 0.327 e. The van der Waals surface area contributed by atoms with E-state index in [9.17, 15) is 14.4 Å². The Morgan fingerprint density at radius 1 is 1.11 bits per heavy atom. The third-order valence-corrected chi connectivity index (χ3v) is 12.0. The number of hydrogen-bond acceptors (Lipinski definition) is 9. The van der Waals surface area contributed by atoms with Gasteiger partial charge < -0.3 is 30.2 Å². The van der Waals surface area contributed by atoms with Crippen LogP contribution in [-0.2, 0) is 11.3 Å². The molecule has 45 heavy (non-hydrogen) atoms. The molecule has 0 fully saturated rings. The molecule has 0 atom stereocenters. The van der Waals surface area contributed by atoms with Crippen molar-refractivity contribution < 1.29 is 23.9 Å². The lowest BCUT2D eigenvalue weighted by Gasteiger charge is -2.35. The molecule has 0 spiro atoms. The molecule has 16 heteroatoms. The van der Waals surface area contributed by atoms with E-state index < -0.39 is 20.3 Å². The minimum atomic E-state index is -2.29. The summed E-state index contributed by atoms with van der Waals surface area (Å²) in [5.74, 6) is 1.02. The number of benzene rings is 1. The van der Waals surface area contributed by atoms with Gasteiger partial charge in [0.25, 0.3) is 0 Å². The van der Waals surface area contributed by atoms with Crippen LogP contribution in [0.1, 0.15) is 33.1 Å². The van der Waals surface area contributed by atoms with Crippen LogP contribution in [0.4, 0.5) is 33.6 Å². The molecule has 2 heterocycles. The van der Waals surface area contributed by atoms with Gasteiger partial charge in [0.2, 0.25) is 5.91 Å². The summed E-state index contributed by atoms with van der Waals surface area (Å²) in [6.45, 7) is 12.2. The molecule has 0 saturated carbocycles. The fourth-order valence-corrected chi connectivity index (χ4v) is 5.44. The number of hydrogen-bond donors (Lipinski definition) is 4. The van der Waals surface area contributed by atoms with Crippen LogP contribution < -0.4 is 30.3 Å². The molecule has 3 amide bonds. The van der Waals surface area contributed by atoms with Crippen LogP contribution >= 0.6 is 23.2 Å². The van der Waals surface area contributed by atoms with Crippen LogP contribution in [0.5, 0.6) is 11.5 Å². The van der Waals surface area contributed by atoms with Gasteiger partial charge in [-0.3, -0.25) is 14.4 Å². The zero-order chi connectivity index (χ0) is 33.5. The first kappa shape index (κ1) is 35.6. The number of methoxy groups -OCH3 is 2. The molecule has 3 aromatic rings. The summed E-state index contributed by atoms with van der Waals surface area (Å²) in [7, 11) is 2.08. The Balaban J connectivity index is 1.78. The van der Waals surface area contributed by atoms with Crippen molar-refractivity contribution >= 4 is 72.3 Å². The maximum absolute atomic E-state index is 13.2. The van der Waals surface area contributed by atoms with Gasteiger partial charge in [-0.25, -0.2) is 14.8 Å². The van der Waals surface area contributed by atoms with E-state index in [1.807, 2.05) is 13.1 Å². The summed E-state index contributed by atoms with van der Waals surface area (Å²) in [5.41, 5.74) is 0.532. The van der Waals surface area contributed by atoms with Crippen LogP contribution in [0.3, 0.4) is 0 Å². The third-order valence-electron chi connectivity index (χ3n) is 7.65. The Hall–Kier alpha value is -3.85. The SMILES string of the molecule is C=CC(=O)Nc1cn(CCCCC(C)(C)[Si](C)(C)O)nc1Nc1cc(N(C)C(=O)Nc2c(Cl)c(OC)cc(OC)c2Cl)ncn1. The lowest BCUT2D eigenvalue weighted by atomic mass is 10.1. The highest BCUT2D eigenvalue weighted by atomic mass is 35.5. The summed E-state index contributed by atoms with van der Waals surface area (Å²) in [6, 6.07) is 2.45. The number of aromatic nitrogens is 4. The van der Waals surface area contributed by atoms with Gasteiger partial charge in [-0.1, -0.05) is 50.0 Å².